The smallest absolute Gasteiger partial charge is 0.254 e. The van der Waals surface area contributed by atoms with Crippen LogP contribution in [0.25, 0.3) is 0 Å². The summed E-state index contributed by atoms with van der Waals surface area (Å²) in [6.07, 6.45) is 8.16. The number of carbonyl (C=O) groups excluding carboxylic acids is 2. The summed E-state index contributed by atoms with van der Waals surface area (Å²) in [6, 6.07) is 28.8. The van der Waals surface area contributed by atoms with Gasteiger partial charge in [0.05, 0.1) is 12.2 Å². The molecule has 0 aliphatic carbocycles. The Morgan fingerprint density at radius 3 is 1.25 bits per heavy atom. The molecule has 350 valence electrons. The van der Waals surface area contributed by atoms with Crippen LogP contribution >= 0.6 is 31.9 Å². The lowest BCUT2D eigenvalue weighted by Crippen LogP contribution is -2.56. The zero-order chi connectivity index (χ0) is 46.5. The Morgan fingerprint density at radius 1 is 0.554 bits per heavy atom. The minimum atomic E-state index is -0.394. The van der Waals surface area contributed by atoms with Gasteiger partial charge in [-0.25, -0.2) is 0 Å². The molecule has 4 aliphatic heterocycles. The molecule has 0 bridgehead atoms. The highest BCUT2D eigenvalue weighted by atomic mass is 79.9. The van der Waals surface area contributed by atoms with Crippen LogP contribution in [0.3, 0.4) is 0 Å². The third-order valence-electron chi connectivity index (χ3n) is 15.8. The van der Waals surface area contributed by atoms with E-state index in [-0.39, 0.29) is 29.0 Å². The number of amides is 2. The van der Waals surface area contributed by atoms with Gasteiger partial charge in [-0.15, -0.1) is 0 Å². The molecule has 4 saturated heterocycles. The average Bonchev–Trinajstić information content (AvgIpc) is 3.30. The van der Waals surface area contributed by atoms with Crippen molar-refractivity contribution in [2.24, 2.45) is 11.8 Å². The van der Waals surface area contributed by atoms with Gasteiger partial charge in [0.15, 0.2) is 0 Å². The molecule has 2 amide bonds. The Hall–Kier alpha value is -3.38. The van der Waals surface area contributed by atoms with Gasteiger partial charge in [0.1, 0.15) is 0 Å². The average molecular weight is 1010 g/mol. The number of methoxy groups -OCH3 is 1. The Morgan fingerprint density at radius 2 is 0.892 bits per heavy atom. The van der Waals surface area contributed by atoms with Gasteiger partial charge < -0.3 is 19.6 Å². The summed E-state index contributed by atoms with van der Waals surface area (Å²) in [4.78, 5) is 35.8. The topological polar surface area (TPSA) is 76.6 Å². The lowest BCUT2D eigenvalue weighted by atomic mass is 9.82. The van der Waals surface area contributed by atoms with Crippen LogP contribution in [0.15, 0.2) is 93.9 Å². The van der Waals surface area contributed by atoms with Crippen molar-refractivity contribution >= 4 is 43.7 Å². The number of nitrogens with zero attached hydrogens (tertiary/aromatic N) is 4. The van der Waals surface area contributed by atoms with E-state index in [1.807, 2.05) is 100 Å². The number of rotatable bonds is 9. The summed E-state index contributed by atoms with van der Waals surface area (Å²) in [5, 5.41) is 10.9. The SMILES string of the molecule is COC(c1ccc(Br)cc1)C1CCN(C2(C)CCN(C(=O)c3c(C)cccc3C)CC2)CC1.Cc1cccc(C)c1C(=O)N1CCC(C)(N2CCC(C(O)c3ccc(Br)cc3)CC2)CC1. The molecule has 10 heteroatoms. The first-order valence-electron chi connectivity index (χ1n) is 24.0. The Kier molecular flexibility index (Phi) is 16.5. The highest BCUT2D eigenvalue weighted by Crippen LogP contribution is 2.40. The van der Waals surface area contributed by atoms with Crippen LogP contribution in [0.4, 0.5) is 0 Å². The third-order valence-corrected chi connectivity index (χ3v) is 16.8. The van der Waals surface area contributed by atoms with Crippen molar-refractivity contribution < 1.29 is 19.4 Å². The van der Waals surface area contributed by atoms with Crippen molar-refractivity contribution in [2.75, 3.05) is 59.5 Å². The molecule has 0 radical (unpaired) electrons. The van der Waals surface area contributed by atoms with E-state index >= 15 is 0 Å². The Bertz CT molecular complexity index is 2180. The van der Waals surface area contributed by atoms with E-state index in [4.69, 9.17) is 4.74 Å². The second kappa shape index (κ2) is 21.7. The first-order chi connectivity index (χ1) is 31.1. The molecule has 0 aromatic heterocycles. The van der Waals surface area contributed by atoms with Crippen molar-refractivity contribution in [1.82, 2.24) is 19.6 Å². The molecule has 4 aliphatic rings. The number of aliphatic hydroxyl groups excluding tert-OH is 1. The van der Waals surface area contributed by atoms with Crippen LogP contribution in [-0.4, -0.2) is 107 Å². The zero-order valence-corrected chi connectivity index (χ0v) is 43.1. The maximum Gasteiger partial charge on any atom is 0.254 e. The van der Waals surface area contributed by atoms with E-state index in [1.54, 1.807) is 0 Å². The summed E-state index contributed by atoms with van der Waals surface area (Å²) in [5.74, 6) is 1.23. The number of aliphatic hydroxyl groups is 1. The van der Waals surface area contributed by atoms with E-state index < -0.39 is 6.10 Å². The minimum Gasteiger partial charge on any atom is -0.388 e. The van der Waals surface area contributed by atoms with E-state index in [0.29, 0.717) is 11.8 Å². The van der Waals surface area contributed by atoms with Crippen molar-refractivity contribution in [2.45, 2.75) is 116 Å². The minimum absolute atomic E-state index is 0.130. The van der Waals surface area contributed by atoms with E-state index in [0.717, 1.165) is 152 Å². The fourth-order valence-electron chi connectivity index (χ4n) is 11.3. The predicted molar refractivity (Wildman–Crippen MR) is 271 cm³/mol. The maximum absolute atomic E-state index is 13.2. The molecule has 1 N–H and O–H groups in total. The fourth-order valence-corrected chi connectivity index (χ4v) is 11.8. The Labute approximate surface area is 406 Å². The number of aryl methyl sites for hydroxylation is 4. The van der Waals surface area contributed by atoms with Crippen LogP contribution in [0.1, 0.15) is 132 Å². The second-order valence-electron chi connectivity index (χ2n) is 20.0. The quantitative estimate of drug-likeness (QED) is 0.180. The molecule has 4 aromatic rings. The summed E-state index contributed by atoms with van der Waals surface area (Å²) >= 11 is 7.00. The Balaban J connectivity index is 0.000000194. The molecule has 65 heavy (non-hydrogen) atoms. The van der Waals surface area contributed by atoms with Gasteiger partial charge in [-0.05, 0) is 189 Å². The molecule has 4 fully saturated rings. The fraction of sp³-hybridized carbons (Fsp3) is 0.527. The lowest BCUT2D eigenvalue weighted by molar-refractivity contribution is -0.0222. The number of hydrogen-bond donors (Lipinski definition) is 1. The largest absolute Gasteiger partial charge is 0.388 e. The number of piperidine rings is 4. The van der Waals surface area contributed by atoms with Crippen molar-refractivity contribution in [3.05, 3.63) is 138 Å². The molecule has 2 atom stereocenters. The summed E-state index contributed by atoms with van der Waals surface area (Å²) < 4.78 is 8.09. The third kappa shape index (κ3) is 11.5. The van der Waals surface area contributed by atoms with Gasteiger partial charge in [0.2, 0.25) is 0 Å². The van der Waals surface area contributed by atoms with E-state index in [1.165, 1.54) is 5.56 Å². The standard InChI is InChI=1S/C28H37BrN2O2.C27H35BrN2O2/c1-20-6-5-7-21(2)25(20)27(32)30-18-14-28(3,15-19-30)31-16-12-23(13-17-31)26(33-4)22-8-10-24(29)11-9-22;1-19-5-4-6-20(2)24(19)26(32)29-17-13-27(3,14-18-29)30-15-11-22(12-16-30)25(31)21-7-9-23(28)10-8-21/h5-11,23,26H,12-19H2,1-4H3;4-10,22,25,31H,11-18H2,1-3H3. The first kappa shape index (κ1) is 49.5. The number of carbonyl (C=O) groups is 2. The molecule has 8 nitrogen and oxygen atoms in total. The lowest BCUT2D eigenvalue weighted by Gasteiger charge is -2.50. The molecule has 2 unspecified atom stereocenters. The van der Waals surface area contributed by atoms with Crippen LogP contribution in [0, 0.1) is 39.5 Å². The normalized spacial score (nSPS) is 20.7. The summed E-state index contributed by atoms with van der Waals surface area (Å²) in [7, 11) is 1.84. The molecule has 0 spiro atoms. The number of halogens is 2. The summed E-state index contributed by atoms with van der Waals surface area (Å²) in [5.41, 5.74) is 8.62. The second-order valence-corrected chi connectivity index (χ2v) is 21.8. The van der Waals surface area contributed by atoms with E-state index in [9.17, 15) is 14.7 Å². The molecular formula is C55H72Br2N4O4. The van der Waals surface area contributed by atoms with Crippen LogP contribution in [0.2, 0.25) is 0 Å². The highest BCUT2D eigenvalue weighted by Gasteiger charge is 2.41. The van der Waals surface area contributed by atoms with Gasteiger partial charge in [-0.1, -0.05) is 92.5 Å². The molecule has 4 heterocycles. The molecular weight excluding hydrogens is 940 g/mol. The molecule has 8 rings (SSSR count). The van der Waals surface area contributed by atoms with Crippen LogP contribution in [0.5, 0.6) is 0 Å². The van der Waals surface area contributed by atoms with Gasteiger partial charge in [-0.2, -0.15) is 0 Å². The van der Waals surface area contributed by atoms with Gasteiger partial charge in [0, 0.05) is 64.4 Å². The van der Waals surface area contributed by atoms with Gasteiger partial charge in [-0.3, -0.25) is 19.4 Å². The monoisotopic (exact) mass is 1010 g/mol. The summed E-state index contributed by atoms with van der Waals surface area (Å²) in [6.45, 7) is 20.4. The van der Waals surface area contributed by atoms with Crippen LogP contribution in [-0.2, 0) is 4.74 Å². The number of ether oxygens (including phenoxy) is 1. The van der Waals surface area contributed by atoms with Crippen molar-refractivity contribution in [3.63, 3.8) is 0 Å². The zero-order valence-electron chi connectivity index (χ0n) is 39.9. The molecule has 4 aromatic carbocycles. The number of likely N-dealkylation sites (tertiary alicyclic amines) is 4. The van der Waals surface area contributed by atoms with Gasteiger partial charge >= 0.3 is 0 Å². The first-order valence-corrected chi connectivity index (χ1v) is 25.6. The van der Waals surface area contributed by atoms with Crippen LogP contribution < -0.4 is 0 Å². The van der Waals surface area contributed by atoms with Crippen molar-refractivity contribution in [1.29, 1.82) is 0 Å². The molecule has 0 saturated carbocycles. The van der Waals surface area contributed by atoms with Gasteiger partial charge in [0.25, 0.3) is 11.8 Å². The number of hydrogen-bond acceptors (Lipinski definition) is 6. The van der Waals surface area contributed by atoms with E-state index in [2.05, 4.69) is 84.7 Å². The predicted octanol–water partition coefficient (Wildman–Crippen LogP) is 11.7. The highest BCUT2D eigenvalue weighted by molar-refractivity contribution is 9.10. The van der Waals surface area contributed by atoms with Crippen molar-refractivity contribution in [3.8, 4) is 0 Å². The maximum atomic E-state index is 13.2. The number of benzene rings is 4.